The van der Waals surface area contributed by atoms with Crippen LogP contribution in [0.2, 0.25) is 0 Å². The van der Waals surface area contributed by atoms with Crippen LogP contribution < -0.4 is 4.74 Å². The van der Waals surface area contributed by atoms with E-state index in [-0.39, 0.29) is 6.61 Å². The SMILES string of the molecule is CCOC(=O)c1ccc(C#N)c(OC(F)(F)F)c1F. The number of nitrogens with zero attached hydrogens (tertiary/aromatic N) is 1. The molecule has 19 heavy (non-hydrogen) atoms. The van der Waals surface area contributed by atoms with E-state index in [0.717, 1.165) is 12.1 Å². The van der Waals surface area contributed by atoms with Gasteiger partial charge >= 0.3 is 12.3 Å². The molecule has 0 heterocycles. The van der Waals surface area contributed by atoms with Crippen LogP contribution in [-0.2, 0) is 4.74 Å². The quantitative estimate of drug-likeness (QED) is 0.629. The first kappa shape index (κ1) is 14.8. The van der Waals surface area contributed by atoms with Gasteiger partial charge in [-0.05, 0) is 19.1 Å². The lowest BCUT2D eigenvalue weighted by atomic mass is 10.1. The average Bonchev–Trinajstić information content (AvgIpc) is 2.30. The molecule has 0 amide bonds. The summed E-state index contributed by atoms with van der Waals surface area (Å²) >= 11 is 0. The van der Waals surface area contributed by atoms with E-state index in [1.165, 1.54) is 13.0 Å². The molecule has 0 aromatic heterocycles. The Hall–Kier alpha value is -2.30. The van der Waals surface area contributed by atoms with Gasteiger partial charge in [0.25, 0.3) is 0 Å². The summed E-state index contributed by atoms with van der Waals surface area (Å²) in [6.07, 6.45) is -5.18. The van der Waals surface area contributed by atoms with Gasteiger partial charge in [-0.1, -0.05) is 0 Å². The van der Waals surface area contributed by atoms with Crippen LogP contribution >= 0.6 is 0 Å². The van der Waals surface area contributed by atoms with E-state index in [0.29, 0.717) is 0 Å². The third-order valence-electron chi connectivity index (χ3n) is 1.93. The normalized spacial score (nSPS) is 10.7. The number of halogens is 4. The maximum atomic E-state index is 13.7. The molecule has 0 atom stereocenters. The monoisotopic (exact) mass is 277 g/mol. The number of benzene rings is 1. The Balaban J connectivity index is 3.31. The van der Waals surface area contributed by atoms with Crippen LogP contribution in [0.15, 0.2) is 12.1 Å². The molecule has 8 heteroatoms. The van der Waals surface area contributed by atoms with Gasteiger partial charge in [-0.2, -0.15) is 5.26 Å². The maximum absolute atomic E-state index is 13.7. The van der Waals surface area contributed by atoms with Crippen LogP contribution in [-0.4, -0.2) is 18.9 Å². The first-order chi connectivity index (χ1) is 8.80. The second kappa shape index (κ2) is 5.56. The Morgan fingerprint density at radius 3 is 2.53 bits per heavy atom. The highest BCUT2D eigenvalue weighted by Gasteiger charge is 2.35. The van der Waals surface area contributed by atoms with Crippen LogP contribution in [0.5, 0.6) is 5.75 Å². The molecule has 1 aromatic carbocycles. The van der Waals surface area contributed by atoms with Crippen molar-refractivity contribution in [2.24, 2.45) is 0 Å². The van der Waals surface area contributed by atoms with Gasteiger partial charge < -0.3 is 9.47 Å². The highest BCUT2D eigenvalue weighted by Crippen LogP contribution is 2.31. The smallest absolute Gasteiger partial charge is 0.462 e. The topological polar surface area (TPSA) is 59.3 Å². The number of carbonyl (C=O) groups is 1. The van der Waals surface area contributed by atoms with Crippen molar-refractivity contribution >= 4 is 5.97 Å². The number of nitriles is 1. The number of alkyl halides is 3. The molecular weight excluding hydrogens is 270 g/mol. The van der Waals surface area contributed by atoms with Crippen molar-refractivity contribution in [1.29, 1.82) is 5.26 Å². The molecule has 0 saturated carbocycles. The van der Waals surface area contributed by atoms with Crippen LogP contribution in [0.1, 0.15) is 22.8 Å². The third-order valence-corrected chi connectivity index (χ3v) is 1.93. The summed E-state index contributed by atoms with van der Waals surface area (Å²) in [7, 11) is 0. The van der Waals surface area contributed by atoms with E-state index in [4.69, 9.17) is 5.26 Å². The zero-order chi connectivity index (χ0) is 14.6. The number of ether oxygens (including phenoxy) is 2. The molecule has 102 valence electrons. The number of hydrogen-bond donors (Lipinski definition) is 0. The molecule has 0 spiro atoms. The van der Waals surface area contributed by atoms with Gasteiger partial charge in [0.1, 0.15) is 6.07 Å². The molecule has 0 unspecified atom stereocenters. The molecule has 0 aliphatic carbocycles. The second-order valence-corrected chi connectivity index (χ2v) is 3.18. The molecule has 0 saturated heterocycles. The standard InChI is InChI=1S/C11H7F4NO3/c1-2-18-10(17)7-4-3-6(5-16)9(8(7)12)19-11(13,14)15/h3-4H,2H2,1H3. The van der Waals surface area contributed by atoms with Crippen LogP contribution in [0, 0.1) is 17.1 Å². The fourth-order valence-electron chi connectivity index (χ4n) is 1.23. The summed E-state index contributed by atoms with van der Waals surface area (Å²) in [4.78, 5) is 11.3. The van der Waals surface area contributed by atoms with E-state index in [1.807, 2.05) is 0 Å². The van der Waals surface area contributed by atoms with Crippen LogP contribution in [0.3, 0.4) is 0 Å². The van der Waals surface area contributed by atoms with Crippen LogP contribution in [0.4, 0.5) is 17.6 Å². The Bertz CT molecular complexity index is 534. The highest BCUT2D eigenvalue weighted by molar-refractivity contribution is 5.90. The van der Waals surface area contributed by atoms with Gasteiger partial charge in [-0.15, -0.1) is 13.2 Å². The molecule has 4 nitrogen and oxygen atoms in total. The Kier molecular flexibility index (Phi) is 4.32. The maximum Gasteiger partial charge on any atom is 0.573 e. The summed E-state index contributed by atoms with van der Waals surface area (Å²) in [6.45, 7) is 1.38. The average molecular weight is 277 g/mol. The fraction of sp³-hybridized carbons (Fsp3) is 0.273. The minimum absolute atomic E-state index is 0.0757. The van der Waals surface area contributed by atoms with Gasteiger partial charge in [0, 0.05) is 0 Å². The van der Waals surface area contributed by atoms with Gasteiger partial charge in [-0.3, -0.25) is 0 Å². The number of carbonyl (C=O) groups excluding carboxylic acids is 1. The molecule has 0 fully saturated rings. The Labute approximate surface area is 105 Å². The zero-order valence-electron chi connectivity index (χ0n) is 9.55. The van der Waals surface area contributed by atoms with Gasteiger partial charge in [0.2, 0.25) is 0 Å². The summed E-state index contributed by atoms with van der Waals surface area (Å²) in [5.41, 5.74) is -1.41. The molecule has 0 N–H and O–H groups in total. The summed E-state index contributed by atoms with van der Waals surface area (Å²) in [6, 6.07) is 3.04. The lowest BCUT2D eigenvalue weighted by Gasteiger charge is -2.12. The lowest BCUT2D eigenvalue weighted by Crippen LogP contribution is -2.20. The van der Waals surface area contributed by atoms with E-state index >= 15 is 0 Å². The van der Waals surface area contributed by atoms with E-state index < -0.39 is 35.0 Å². The Morgan fingerprint density at radius 2 is 2.05 bits per heavy atom. The number of hydrogen-bond acceptors (Lipinski definition) is 4. The van der Waals surface area contributed by atoms with Gasteiger partial charge in [-0.25, -0.2) is 9.18 Å². The predicted molar refractivity (Wildman–Crippen MR) is 53.8 cm³/mol. The molecule has 0 aliphatic rings. The number of esters is 1. The molecule has 0 radical (unpaired) electrons. The highest BCUT2D eigenvalue weighted by atomic mass is 19.4. The zero-order valence-corrected chi connectivity index (χ0v) is 9.55. The molecule has 0 aliphatic heterocycles. The largest absolute Gasteiger partial charge is 0.573 e. The predicted octanol–water partition coefficient (Wildman–Crippen LogP) is 2.77. The van der Waals surface area contributed by atoms with Gasteiger partial charge in [0.15, 0.2) is 11.6 Å². The fourth-order valence-corrected chi connectivity index (χ4v) is 1.23. The second-order valence-electron chi connectivity index (χ2n) is 3.18. The van der Waals surface area contributed by atoms with Crippen molar-refractivity contribution in [3.8, 4) is 11.8 Å². The van der Waals surface area contributed by atoms with E-state index in [1.54, 1.807) is 0 Å². The van der Waals surface area contributed by atoms with Crippen LogP contribution in [0.25, 0.3) is 0 Å². The van der Waals surface area contributed by atoms with Crippen molar-refractivity contribution in [3.63, 3.8) is 0 Å². The first-order valence-electron chi connectivity index (χ1n) is 4.95. The minimum atomic E-state index is -5.18. The lowest BCUT2D eigenvalue weighted by molar-refractivity contribution is -0.275. The molecule has 1 aromatic rings. The van der Waals surface area contributed by atoms with E-state index in [9.17, 15) is 22.4 Å². The molecule has 1 rings (SSSR count). The van der Waals surface area contributed by atoms with Crippen molar-refractivity contribution in [2.75, 3.05) is 6.61 Å². The van der Waals surface area contributed by atoms with Crippen molar-refractivity contribution < 1.29 is 31.8 Å². The summed E-state index contributed by atoms with van der Waals surface area (Å²) < 4.78 is 57.9. The first-order valence-corrected chi connectivity index (χ1v) is 4.95. The third kappa shape index (κ3) is 3.58. The van der Waals surface area contributed by atoms with Crippen molar-refractivity contribution in [1.82, 2.24) is 0 Å². The van der Waals surface area contributed by atoms with Crippen molar-refractivity contribution in [3.05, 3.63) is 29.1 Å². The summed E-state index contributed by atoms with van der Waals surface area (Å²) in [5, 5.41) is 8.59. The van der Waals surface area contributed by atoms with Crippen molar-refractivity contribution in [2.45, 2.75) is 13.3 Å². The summed E-state index contributed by atoms with van der Waals surface area (Å²) in [5.74, 6) is -4.08. The molecular formula is C11H7F4NO3. The minimum Gasteiger partial charge on any atom is -0.462 e. The van der Waals surface area contributed by atoms with Gasteiger partial charge in [0.05, 0.1) is 17.7 Å². The number of rotatable bonds is 3. The molecule has 0 bridgehead atoms. The Morgan fingerprint density at radius 1 is 1.42 bits per heavy atom. The van der Waals surface area contributed by atoms with E-state index in [2.05, 4.69) is 9.47 Å².